The molecule has 0 atom stereocenters. The Morgan fingerprint density at radius 1 is 1.17 bits per heavy atom. The van der Waals surface area contributed by atoms with Crippen molar-refractivity contribution in [3.05, 3.63) is 52.5 Å². The van der Waals surface area contributed by atoms with Crippen LogP contribution in [0.4, 0.5) is 0 Å². The first-order valence-corrected chi connectivity index (χ1v) is 8.16. The third-order valence-electron chi connectivity index (χ3n) is 3.22. The maximum atomic E-state index is 8.87. The normalized spacial score (nSPS) is 10.7. The van der Waals surface area contributed by atoms with Crippen LogP contribution in [0.25, 0.3) is 11.5 Å². The van der Waals surface area contributed by atoms with Crippen molar-refractivity contribution in [2.75, 3.05) is 13.2 Å². The lowest BCUT2D eigenvalue weighted by atomic mass is 10.3. The molecule has 3 aromatic rings. The molecule has 0 fully saturated rings. The van der Waals surface area contributed by atoms with Crippen LogP contribution >= 0.6 is 11.3 Å². The van der Waals surface area contributed by atoms with E-state index in [0.29, 0.717) is 24.0 Å². The van der Waals surface area contributed by atoms with Crippen LogP contribution in [0.15, 0.2) is 45.5 Å². The van der Waals surface area contributed by atoms with Crippen LogP contribution in [0, 0.1) is 6.92 Å². The Labute approximate surface area is 138 Å². The zero-order chi connectivity index (χ0) is 16.1. The molecular weight excluding hydrogens is 314 g/mol. The first-order valence-electron chi connectivity index (χ1n) is 7.22. The highest BCUT2D eigenvalue weighted by molar-refractivity contribution is 7.08. The lowest BCUT2D eigenvalue weighted by Crippen LogP contribution is -2.04. The van der Waals surface area contributed by atoms with Gasteiger partial charge in [-0.25, -0.2) is 4.98 Å². The fourth-order valence-electron chi connectivity index (χ4n) is 2.06. The fourth-order valence-corrected chi connectivity index (χ4v) is 2.69. The molecule has 1 N–H and O–H groups in total. The van der Waals surface area contributed by atoms with Gasteiger partial charge in [-0.3, -0.25) is 0 Å². The largest absolute Gasteiger partial charge is 0.487 e. The Morgan fingerprint density at radius 2 is 1.96 bits per heavy atom. The number of nitrogens with zero attached hydrogens (tertiary/aromatic N) is 1. The summed E-state index contributed by atoms with van der Waals surface area (Å²) >= 11 is 1.60. The molecule has 0 aliphatic rings. The Hall–Kier alpha value is -2.31. The number of ether oxygens (including phenoxy) is 2. The van der Waals surface area contributed by atoms with Gasteiger partial charge in [0.1, 0.15) is 24.7 Å². The molecule has 0 bridgehead atoms. The first-order chi connectivity index (χ1) is 11.3. The van der Waals surface area contributed by atoms with E-state index in [1.54, 1.807) is 17.4 Å². The summed E-state index contributed by atoms with van der Waals surface area (Å²) in [6, 6.07) is 9.32. The maximum absolute atomic E-state index is 8.87. The minimum Gasteiger partial charge on any atom is -0.487 e. The molecule has 0 aliphatic heterocycles. The van der Waals surface area contributed by atoms with Crippen LogP contribution in [-0.4, -0.2) is 23.3 Å². The molecule has 0 aliphatic carbocycles. The van der Waals surface area contributed by atoms with Gasteiger partial charge in [0.2, 0.25) is 5.89 Å². The molecule has 23 heavy (non-hydrogen) atoms. The molecule has 2 aromatic heterocycles. The van der Waals surface area contributed by atoms with Gasteiger partial charge in [0.15, 0.2) is 11.5 Å². The maximum Gasteiger partial charge on any atom is 0.227 e. The average molecular weight is 331 g/mol. The minimum absolute atomic E-state index is 0.0409. The van der Waals surface area contributed by atoms with E-state index in [2.05, 4.69) is 4.98 Å². The van der Waals surface area contributed by atoms with E-state index in [1.165, 1.54) is 0 Å². The summed E-state index contributed by atoms with van der Waals surface area (Å²) in [4.78, 5) is 4.49. The molecule has 2 heterocycles. The average Bonchev–Trinajstić information content (AvgIpc) is 3.21. The van der Waals surface area contributed by atoms with E-state index in [4.69, 9.17) is 19.0 Å². The van der Waals surface area contributed by atoms with Gasteiger partial charge < -0.3 is 19.0 Å². The van der Waals surface area contributed by atoms with Crippen molar-refractivity contribution < 1.29 is 19.0 Å². The number of thiophene rings is 1. The SMILES string of the molecule is Cc1oc(-c2ccsc2)nc1COc1ccccc1OCCO. The number of aromatic nitrogens is 1. The molecule has 0 radical (unpaired) electrons. The number of benzene rings is 1. The monoisotopic (exact) mass is 331 g/mol. The van der Waals surface area contributed by atoms with Crippen LogP contribution in [0.1, 0.15) is 11.5 Å². The summed E-state index contributed by atoms with van der Waals surface area (Å²) in [6.07, 6.45) is 0. The van der Waals surface area contributed by atoms with E-state index in [1.807, 2.05) is 41.9 Å². The molecular formula is C17H17NO4S. The van der Waals surface area contributed by atoms with Crippen molar-refractivity contribution in [1.29, 1.82) is 0 Å². The highest BCUT2D eigenvalue weighted by Crippen LogP contribution is 2.28. The second kappa shape index (κ2) is 7.30. The summed E-state index contributed by atoms with van der Waals surface area (Å²) < 4.78 is 17.0. The topological polar surface area (TPSA) is 64.7 Å². The lowest BCUT2D eigenvalue weighted by Gasteiger charge is -2.11. The zero-order valence-corrected chi connectivity index (χ0v) is 13.5. The summed E-state index contributed by atoms with van der Waals surface area (Å²) in [6.45, 7) is 2.35. The minimum atomic E-state index is -0.0409. The third kappa shape index (κ3) is 3.72. The predicted molar refractivity (Wildman–Crippen MR) is 87.9 cm³/mol. The van der Waals surface area contributed by atoms with Gasteiger partial charge in [-0.2, -0.15) is 11.3 Å². The Balaban J connectivity index is 1.71. The number of rotatable bonds is 7. The molecule has 0 spiro atoms. The number of aliphatic hydroxyl groups is 1. The summed E-state index contributed by atoms with van der Waals surface area (Å²) in [5.41, 5.74) is 1.72. The number of hydrogen-bond donors (Lipinski definition) is 1. The van der Waals surface area contributed by atoms with Gasteiger partial charge in [-0.15, -0.1) is 0 Å². The fraction of sp³-hybridized carbons (Fsp3) is 0.235. The number of oxazole rings is 1. The zero-order valence-electron chi connectivity index (χ0n) is 12.7. The number of hydrogen-bond acceptors (Lipinski definition) is 6. The van der Waals surface area contributed by atoms with E-state index in [-0.39, 0.29) is 13.2 Å². The second-order valence-corrected chi connectivity index (χ2v) is 5.62. The van der Waals surface area contributed by atoms with E-state index in [9.17, 15) is 0 Å². The Morgan fingerprint density at radius 3 is 2.65 bits per heavy atom. The van der Waals surface area contributed by atoms with Gasteiger partial charge in [-0.1, -0.05) is 12.1 Å². The van der Waals surface area contributed by atoms with E-state index >= 15 is 0 Å². The van der Waals surface area contributed by atoms with Gasteiger partial charge in [0.25, 0.3) is 0 Å². The summed E-state index contributed by atoms with van der Waals surface area (Å²) in [7, 11) is 0. The van der Waals surface area contributed by atoms with Crippen LogP contribution in [0.5, 0.6) is 11.5 Å². The molecule has 0 unspecified atom stereocenters. The Kier molecular flexibility index (Phi) is 4.95. The van der Waals surface area contributed by atoms with Gasteiger partial charge in [0.05, 0.1) is 6.61 Å². The standard InChI is InChI=1S/C17H17NO4S/c1-12-14(18-17(22-12)13-6-9-23-11-13)10-21-16-5-3-2-4-15(16)20-8-7-19/h2-6,9,11,19H,7-8,10H2,1H3. The van der Waals surface area contributed by atoms with Crippen LogP contribution in [0.3, 0.4) is 0 Å². The van der Waals surface area contributed by atoms with Crippen molar-refractivity contribution in [3.63, 3.8) is 0 Å². The van der Waals surface area contributed by atoms with E-state index < -0.39 is 0 Å². The molecule has 3 rings (SSSR count). The second-order valence-electron chi connectivity index (χ2n) is 4.84. The summed E-state index contributed by atoms with van der Waals surface area (Å²) in [5.74, 6) is 2.55. The smallest absolute Gasteiger partial charge is 0.227 e. The molecule has 5 nitrogen and oxygen atoms in total. The quantitative estimate of drug-likeness (QED) is 0.716. The first kappa shape index (κ1) is 15.6. The lowest BCUT2D eigenvalue weighted by molar-refractivity contribution is 0.192. The van der Waals surface area contributed by atoms with Gasteiger partial charge in [0, 0.05) is 10.9 Å². The molecule has 0 saturated carbocycles. The van der Waals surface area contributed by atoms with Crippen LogP contribution in [-0.2, 0) is 6.61 Å². The van der Waals surface area contributed by atoms with Crippen molar-refractivity contribution >= 4 is 11.3 Å². The number of aryl methyl sites for hydroxylation is 1. The summed E-state index contributed by atoms with van der Waals surface area (Å²) in [5, 5.41) is 12.8. The predicted octanol–water partition coefficient (Wildman–Crippen LogP) is 3.66. The molecule has 6 heteroatoms. The van der Waals surface area contributed by atoms with Crippen molar-refractivity contribution in [2.24, 2.45) is 0 Å². The van der Waals surface area contributed by atoms with E-state index in [0.717, 1.165) is 17.0 Å². The molecule has 1 aromatic carbocycles. The third-order valence-corrected chi connectivity index (χ3v) is 3.91. The van der Waals surface area contributed by atoms with Gasteiger partial charge >= 0.3 is 0 Å². The highest BCUT2D eigenvalue weighted by atomic mass is 32.1. The highest BCUT2D eigenvalue weighted by Gasteiger charge is 2.13. The Bertz CT molecular complexity index is 752. The van der Waals surface area contributed by atoms with Crippen molar-refractivity contribution in [1.82, 2.24) is 4.98 Å². The van der Waals surface area contributed by atoms with Gasteiger partial charge in [-0.05, 0) is 30.5 Å². The van der Waals surface area contributed by atoms with Crippen LogP contribution in [0.2, 0.25) is 0 Å². The molecule has 120 valence electrons. The van der Waals surface area contributed by atoms with Crippen LogP contribution < -0.4 is 9.47 Å². The molecule has 0 amide bonds. The molecule has 0 saturated heterocycles. The number of para-hydroxylation sites is 2. The van der Waals surface area contributed by atoms with Crippen molar-refractivity contribution in [2.45, 2.75) is 13.5 Å². The number of aliphatic hydroxyl groups excluding tert-OH is 1. The van der Waals surface area contributed by atoms with Crippen molar-refractivity contribution in [3.8, 4) is 23.0 Å².